The first-order valence-electron chi connectivity index (χ1n) is 7.07. The Bertz CT molecular complexity index is 1110. The summed E-state index contributed by atoms with van der Waals surface area (Å²) in [6.07, 6.45) is 1.35. The Morgan fingerprint density at radius 3 is 2.54 bits per heavy atom. The smallest absolute Gasteiger partial charge is 0.267 e. The molecule has 2 aromatic carbocycles. The van der Waals surface area contributed by atoms with E-state index in [1.165, 1.54) is 42.6 Å². The van der Waals surface area contributed by atoms with Gasteiger partial charge in [0.2, 0.25) is 5.13 Å². The van der Waals surface area contributed by atoms with Gasteiger partial charge in [0.1, 0.15) is 0 Å². The molecule has 3 aromatic rings. The number of hydrogen-bond acceptors (Lipinski definition) is 9. The van der Waals surface area contributed by atoms with E-state index in [2.05, 4.69) is 15.5 Å². The van der Waals surface area contributed by atoms with Gasteiger partial charge in [-0.1, -0.05) is 23.5 Å². The van der Waals surface area contributed by atoms with Crippen molar-refractivity contribution in [1.29, 1.82) is 0 Å². The molecule has 26 heavy (non-hydrogen) atoms. The molecule has 1 heterocycles. The molecule has 1 aromatic heterocycles. The summed E-state index contributed by atoms with van der Waals surface area (Å²) in [6, 6.07) is 9.82. The maximum atomic E-state index is 12.0. The zero-order valence-corrected chi connectivity index (χ0v) is 13.7. The third kappa shape index (κ3) is 3.67. The standard InChI is InChI=1S/C15H9N5O5S/c21-14-12-7-11(20(24)25)4-5-13(12)26-15(17-14)18-16-8-9-2-1-3-10(6-9)19(22)23/h1-8H,(H,17,18,21)/b16-8-. The Morgan fingerprint density at radius 2 is 1.81 bits per heavy atom. The first-order valence-corrected chi connectivity index (χ1v) is 7.88. The molecule has 0 aliphatic heterocycles. The van der Waals surface area contributed by atoms with Crippen LogP contribution in [0.15, 0.2) is 52.4 Å². The highest BCUT2D eigenvalue weighted by molar-refractivity contribution is 7.21. The van der Waals surface area contributed by atoms with Gasteiger partial charge in [0.25, 0.3) is 16.9 Å². The number of anilines is 1. The minimum atomic E-state index is -0.615. The number of aromatic nitrogens is 1. The van der Waals surface area contributed by atoms with Crippen molar-refractivity contribution in [3.05, 3.63) is 78.6 Å². The number of nitro benzene ring substituents is 2. The molecule has 0 saturated carbocycles. The SMILES string of the molecule is O=c1nc(N/N=C\c2cccc([N+](=O)[O-])c2)sc2ccc([N+](=O)[O-])cc12. The topological polar surface area (TPSA) is 141 Å². The Morgan fingerprint density at radius 1 is 1.08 bits per heavy atom. The van der Waals surface area contributed by atoms with Crippen molar-refractivity contribution >= 4 is 44.1 Å². The fraction of sp³-hybridized carbons (Fsp3) is 0. The number of nitro groups is 2. The van der Waals surface area contributed by atoms with Crippen molar-refractivity contribution in [2.45, 2.75) is 0 Å². The van der Waals surface area contributed by atoms with Gasteiger partial charge < -0.3 is 0 Å². The highest BCUT2D eigenvalue weighted by Gasteiger charge is 2.11. The predicted octanol–water partition coefficient (Wildman–Crippen LogP) is 2.92. The van der Waals surface area contributed by atoms with Gasteiger partial charge in [-0.15, -0.1) is 0 Å². The average Bonchev–Trinajstić information content (AvgIpc) is 2.61. The van der Waals surface area contributed by atoms with Crippen LogP contribution in [-0.4, -0.2) is 21.0 Å². The van der Waals surface area contributed by atoms with Crippen LogP contribution in [0.2, 0.25) is 0 Å². The third-order valence-corrected chi connectivity index (χ3v) is 4.22. The maximum absolute atomic E-state index is 12.0. The second kappa shape index (κ2) is 7.03. The molecule has 0 spiro atoms. The molecule has 10 nitrogen and oxygen atoms in total. The molecule has 0 bridgehead atoms. The van der Waals surface area contributed by atoms with Crippen LogP contribution in [0.5, 0.6) is 0 Å². The Balaban J connectivity index is 1.84. The van der Waals surface area contributed by atoms with Crippen molar-refractivity contribution < 1.29 is 9.85 Å². The number of non-ortho nitro benzene ring substituents is 2. The molecule has 3 rings (SSSR count). The lowest BCUT2D eigenvalue weighted by Gasteiger charge is -2.00. The monoisotopic (exact) mass is 371 g/mol. The van der Waals surface area contributed by atoms with Crippen LogP contribution in [0, 0.1) is 20.2 Å². The molecular formula is C15H9N5O5S. The van der Waals surface area contributed by atoms with E-state index < -0.39 is 15.4 Å². The van der Waals surface area contributed by atoms with Gasteiger partial charge >= 0.3 is 0 Å². The molecule has 0 atom stereocenters. The lowest BCUT2D eigenvalue weighted by Crippen LogP contribution is -2.07. The molecule has 0 unspecified atom stereocenters. The maximum Gasteiger partial charge on any atom is 0.281 e. The summed E-state index contributed by atoms with van der Waals surface area (Å²) in [5, 5.41) is 25.8. The number of nitrogens with zero attached hydrogens (tertiary/aromatic N) is 4. The van der Waals surface area contributed by atoms with Crippen molar-refractivity contribution in [2.75, 3.05) is 5.43 Å². The first kappa shape index (κ1) is 17.1. The average molecular weight is 371 g/mol. The number of rotatable bonds is 5. The Hall–Kier alpha value is -3.73. The molecule has 0 aliphatic carbocycles. The molecular weight excluding hydrogens is 362 g/mol. The third-order valence-electron chi connectivity index (χ3n) is 3.27. The normalized spacial score (nSPS) is 10.9. The van der Waals surface area contributed by atoms with Gasteiger partial charge in [-0.2, -0.15) is 10.1 Å². The van der Waals surface area contributed by atoms with Crippen LogP contribution < -0.4 is 11.0 Å². The lowest BCUT2D eigenvalue weighted by atomic mass is 10.2. The molecule has 0 amide bonds. The highest BCUT2D eigenvalue weighted by atomic mass is 32.1. The van der Waals surface area contributed by atoms with Crippen molar-refractivity contribution in [1.82, 2.24) is 4.98 Å². The molecule has 0 radical (unpaired) electrons. The largest absolute Gasteiger partial charge is 0.281 e. The summed E-state index contributed by atoms with van der Waals surface area (Å²) < 4.78 is 0.517. The van der Waals surface area contributed by atoms with Crippen LogP contribution in [-0.2, 0) is 0 Å². The van der Waals surface area contributed by atoms with Gasteiger partial charge in [-0.3, -0.25) is 30.4 Å². The number of hydrogen-bond donors (Lipinski definition) is 1. The van der Waals surface area contributed by atoms with Crippen LogP contribution in [0.25, 0.3) is 10.1 Å². The van der Waals surface area contributed by atoms with Gasteiger partial charge in [0.15, 0.2) is 0 Å². The highest BCUT2D eigenvalue weighted by Crippen LogP contribution is 2.24. The van der Waals surface area contributed by atoms with Crippen molar-refractivity contribution in [2.24, 2.45) is 5.10 Å². The quantitative estimate of drug-likeness (QED) is 0.413. The summed E-state index contributed by atoms with van der Waals surface area (Å²) in [6.45, 7) is 0. The molecule has 0 fully saturated rings. The van der Waals surface area contributed by atoms with E-state index in [1.54, 1.807) is 6.07 Å². The Kier molecular flexibility index (Phi) is 4.62. The fourth-order valence-corrected chi connectivity index (χ4v) is 2.92. The van der Waals surface area contributed by atoms with E-state index in [1.807, 2.05) is 0 Å². The number of fused-ring (bicyclic) bond motifs is 1. The summed E-state index contributed by atoms with van der Waals surface area (Å²) >= 11 is 1.10. The number of benzene rings is 2. The summed E-state index contributed by atoms with van der Waals surface area (Å²) in [5.41, 5.74) is 2.21. The van der Waals surface area contributed by atoms with E-state index >= 15 is 0 Å². The van der Waals surface area contributed by atoms with Crippen molar-refractivity contribution in [3.8, 4) is 0 Å². The van der Waals surface area contributed by atoms with E-state index in [0.717, 1.165) is 11.3 Å². The van der Waals surface area contributed by atoms with Crippen LogP contribution in [0.3, 0.4) is 0 Å². The van der Waals surface area contributed by atoms with E-state index in [0.29, 0.717) is 10.3 Å². The van der Waals surface area contributed by atoms with Gasteiger partial charge in [0, 0.05) is 34.5 Å². The van der Waals surface area contributed by atoms with Crippen LogP contribution in [0.4, 0.5) is 16.5 Å². The number of hydrazone groups is 1. The molecule has 11 heteroatoms. The Labute approximate surface area is 148 Å². The minimum absolute atomic E-state index is 0.0657. The number of nitrogens with one attached hydrogen (secondary N) is 1. The van der Waals surface area contributed by atoms with Crippen molar-refractivity contribution in [3.63, 3.8) is 0 Å². The predicted molar refractivity (Wildman–Crippen MR) is 96.9 cm³/mol. The fourth-order valence-electron chi connectivity index (χ4n) is 2.10. The lowest BCUT2D eigenvalue weighted by molar-refractivity contribution is -0.385. The van der Waals surface area contributed by atoms with E-state index in [9.17, 15) is 25.0 Å². The first-order chi connectivity index (χ1) is 12.4. The summed E-state index contributed by atoms with van der Waals surface area (Å²) in [4.78, 5) is 36.2. The second-order valence-corrected chi connectivity index (χ2v) is 6.01. The molecule has 1 N–H and O–H groups in total. The second-order valence-electron chi connectivity index (χ2n) is 4.98. The van der Waals surface area contributed by atoms with Crippen LogP contribution >= 0.6 is 11.3 Å². The molecule has 0 saturated heterocycles. The zero-order chi connectivity index (χ0) is 18.7. The summed E-state index contributed by atoms with van der Waals surface area (Å²) in [5.74, 6) is 0. The van der Waals surface area contributed by atoms with Gasteiger partial charge in [-0.25, -0.2) is 0 Å². The van der Waals surface area contributed by atoms with Gasteiger partial charge in [-0.05, 0) is 6.07 Å². The van der Waals surface area contributed by atoms with E-state index in [4.69, 9.17) is 0 Å². The van der Waals surface area contributed by atoms with Gasteiger partial charge in [0.05, 0.1) is 21.4 Å². The zero-order valence-electron chi connectivity index (χ0n) is 12.9. The van der Waals surface area contributed by atoms with E-state index in [-0.39, 0.29) is 21.9 Å². The molecule has 0 aliphatic rings. The minimum Gasteiger partial charge on any atom is -0.267 e. The summed E-state index contributed by atoms with van der Waals surface area (Å²) in [7, 11) is 0. The van der Waals surface area contributed by atoms with Crippen LogP contribution in [0.1, 0.15) is 5.56 Å². The molecule has 130 valence electrons.